The molecule has 74 heavy (non-hydrogen) atoms. The summed E-state index contributed by atoms with van der Waals surface area (Å²) in [6.07, 6.45) is 78.8. The van der Waals surface area contributed by atoms with Gasteiger partial charge in [-0.3, -0.25) is 14.4 Å². The van der Waals surface area contributed by atoms with Crippen molar-refractivity contribution >= 4 is 17.9 Å². The Bertz CT molecular complexity index is 1280. The molecule has 0 saturated carbocycles. The fourth-order valence-electron chi connectivity index (χ4n) is 9.62. The van der Waals surface area contributed by atoms with Crippen LogP contribution < -0.4 is 0 Å². The van der Waals surface area contributed by atoms with Gasteiger partial charge in [0.25, 0.3) is 0 Å². The average Bonchev–Trinajstić information content (AvgIpc) is 3.40. The van der Waals surface area contributed by atoms with E-state index in [0.29, 0.717) is 19.3 Å². The number of rotatable bonds is 60. The summed E-state index contributed by atoms with van der Waals surface area (Å²) in [5.74, 6) is -0.870. The van der Waals surface area contributed by atoms with Crippen molar-refractivity contribution in [3.63, 3.8) is 0 Å². The molecule has 6 nitrogen and oxygen atoms in total. The molecule has 0 rings (SSSR count). The second-order valence-electron chi connectivity index (χ2n) is 22.0. The summed E-state index contributed by atoms with van der Waals surface area (Å²) in [7, 11) is 0. The highest BCUT2D eigenvalue weighted by molar-refractivity contribution is 5.71. The molecule has 432 valence electrons. The minimum atomic E-state index is -0.772. The van der Waals surface area contributed by atoms with Crippen molar-refractivity contribution in [1.82, 2.24) is 0 Å². The van der Waals surface area contributed by atoms with Crippen LogP contribution in [0.4, 0.5) is 0 Å². The van der Waals surface area contributed by atoms with Gasteiger partial charge in [0.1, 0.15) is 13.2 Å². The zero-order chi connectivity index (χ0) is 53.6. The molecule has 0 amide bonds. The summed E-state index contributed by atoms with van der Waals surface area (Å²) in [5.41, 5.74) is 0. The van der Waals surface area contributed by atoms with Crippen LogP contribution in [-0.4, -0.2) is 37.2 Å². The normalized spacial score (nSPS) is 12.3. The Morgan fingerprint density at radius 3 is 0.770 bits per heavy atom. The lowest BCUT2D eigenvalue weighted by Gasteiger charge is -2.18. The molecule has 0 fully saturated rings. The highest BCUT2D eigenvalue weighted by atomic mass is 16.6. The quantitative estimate of drug-likeness (QED) is 0.0261. The molecule has 6 heteroatoms. The van der Waals surface area contributed by atoms with Crippen molar-refractivity contribution in [3.8, 4) is 0 Å². The van der Waals surface area contributed by atoms with Crippen LogP contribution in [0.1, 0.15) is 348 Å². The van der Waals surface area contributed by atoms with Gasteiger partial charge in [0, 0.05) is 19.3 Å². The van der Waals surface area contributed by atoms with Gasteiger partial charge >= 0.3 is 17.9 Å². The van der Waals surface area contributed by atoms with E-state index in [1.807, 2.05) is 0 Å². The smallest absolute Gasteiger partial charge is 0.306 e. The highest BCUT2D eigenvalue weighted by Crippen LogP contribution is 2.17. The largest absolute Gasteiger partial charge is 0.462 e. The van der Waals surface area contributed by atoms with E-state index in [9.17, 15) is 14.4 Å². The summed E-state index contributed by atoms with van der Waals surface area (Å²) in [6, 6.07) is 0. The molecule has 0 radical (unpaired) electrons. The Labute approximate surface area is 460 Å². The number of allylic oxidation sites excluding steroid dienone is 8. The SMILES string of the molecule is CCCCCCC/C=C\C/C=C\C/C=C\CCCCCCCCCCCCCCCCCCCCC(=O)OCC(COC(=O)CCCCCCCCC)OC(=O)CCCCCCC/C=C\CCCCCCCCC. The molecule has 0 aromatic carbocycles. The molecule has 0 bridgehead atoms. The number of hydrogen-bond donors (Lipinski definition) is 0. The number of ether oxygens (including phenoxy) is 3. The molecule has 0 aromatic rings. The Morgan fingerprint density at radius 2 is 0.486 bits per heavy atom. The molecule has 0 aliphatic heterocycles. The van der Waals surface area contributed by atoms with Crippen LogP contribution in [0.3, 0.4) is 0 Å². The molecule has 0 aliphatic rings. The summed E-state index contributed by atoms with van der Waals surface area (Å²) in [6.45, 7) is 6.62. The van der Waals surface area contributed by atoms with E-state index < -0.39 is 6.10 Å². The molecule has 1 atom stereocenters. The molecule has 0 saturated heterocycles. The molecule has 0 spiro atoms. The van der Waals surface area contributed by atoms with Gasteiger partial charge in [0.15, 0.2) is 6.10 Å². The van der Waals surface area contributed by atoms with Gasteiger partial charge in [-0.15, -0.1) is 0 Å². The monoisotopic (exact) mass is 1040 g/mol. The molecular weight excluding hydrogens is 913 g/mol. The van der Waals surface area contributed by atoms with Crippen LogP contribution in [-0.2, 0) is 28.6 Å². The average molecular weight is 1040 g/mol. The van der Waals surface area contributed by atoms with E-state index in [0.717, 1.165) is 77.0 Å². The molecule has 0 aromatic heterocycles. The summed E-state index contributed by atoms with van der Waals surface area (Å²) >= 11 is 0. The number of hydrogen-bond acceptors (Lipinski definition) is 6. The van der Waals surface area contributed by atoms with Crippen LogP contribution in [0.25, 0.3) is 0 Å². The zero-order valence-electron chi connectivity index (χ0n) is 49.6. The minimum absolute atomic E-state index is 0.0721. The molecule has 1 unspecified atom stereocenters. The summed E-state index contributed by atoms with van der Waals surface area (Å²) in [4.78, 5) is 38.0. The van der Waals surface area contributed by atoms with Gasteiger partial charge in [-0.2, -0.15) is 0 Å². The molecule has 0 heterocycles. The van der Waals surface area contributed by atoms with E-state index in [1.165, 1.54) is 231 Å². The maximum atomic E-state index is 12.8. The lowest BCUT2D eigenvalue weighted by atomic mass is 10.0. The van der Waals surface area contributed by atoms with Crippen LogP contribution in [0, 0.1) is 0 Å². The lowest BCUT2D eigenvalue weighted by Crippen LogP contribution is -2.30. The topological polar surface area (TPSA) is 78.9 Å². The fourth-order valence-corrected chi connectivity index (χ4v) is 9.62. The van der Waals surface area contributed by atoms with Crippen molar-refractivity contribution in [1.29, 1.82) is 0 Å². The maximum Gasteiger partial charge on any atom is 0.306 e. The third kappa shape index (κ3) is 60.2. The Hall–Kier alpha value is -2.63. The summed E-state index contributed by atoms with van der Waals surface area (Å²) in [5, 5.41) is 0. The van der Waals surface area contributed by atoms with Gasteiger partial charge in [-0.1, -0.05) is 294 Å². The van der Waals surface area contributed by atoms with Gasteiger partial charge < -0.3 is 14.2 Å². The fraction of sp³-hybridized carbons (Fsp3) is 0.838. The van der Waals surface area contributed by atoms with Crippen molar-refractivity contribution in [2.24, 2.45) is 0 Å². The number of esters is 3. The molecule has 0 aliphatic carbocycles. The van der Waals surface area contributed by atoms with E-state index in [1.54, 1.807) is 0 Å². The predicted molar refractivity (Wildman–Crippen MR) is 321 cm³/mol. The third-order valence-corrected chi connectivity index (χ3v) is 14.6. The third-order valence-electron chi connectivity index (χ3n) is 14.6. The van der Waals surface area contributed by atoms with Gasteiger partial charge in [-0.25, -0.2) is 0 Å². The first-order valence-electron chi connectivity index (χ1n) is 32.6. The highest BCUT2D eigenvalue weighted by Gasteiger charge is 2.19. The van der Waals surface area contributed by atoms with Crippen molar-refractivity contribution in [2.75, 3.05) is 13.2 Å². The Morgan fingerprint density at radius 1 is 0.270 bits per heavy atom. The van der Waals surface area contributed by atoms with E-state index in [-0.39, 0.29) is 31.1 Å². The summed E-state index contributed by atoms with van der Waals surface area (Å²) < 4.78 is 16.8. The van der Waals surface area contributed by atoms with E-state index >= 15 is 0 Å². The second-order valence-corrected chi connectivity index (χ2v) is 22.0. The van der Waals surface area contributed by atoms with Gasteiger partial charge in [0.2, 0.25) is 0 Å². The Balaban J connectivity index is 3.99. The van der Waals surface area contributed by atoms with Crippen molar-refractivity contribution in [3.05, 3.63) is 48.6 Å². The number of unbranched alkanes of at least 4 members (excludes halogenated alkanes) is 41. The zero-order valence-corrected chi connectivity index (χ0v) is 49.6. The van der Waals surface area contributed by atoms with Crippen LogP contribution in [0.2, 0.25) is 0 Å². The molecular formula is C68H124O6. The van der Waals surface area contributed by atoms with Crippen LogP contribution >= 0.6 is 0 Å². The van der Waals surface area contributed by atoms with Crippen molar-refractivity contribution < 1.29 is 28.6 Å². The standard InChI is InChI=1S/C68H124O6/c1-4-7-10-13-16-18-20-22-24-26-27-28-29-30-31-32-33-34-35-36-37-38-39-40-41-42-44-45-47-49-52-55-58-61-67(70)73-64-65(63-72-66(69)60-57-54-51-15-12-9-6-3)74-68(71)62-59-56-53-50-48-46-43-25-23-21-19-17-14-11-8-5-2/h20,22,25-27,29-30,43,65H,4-19,21,23-24,28,31-42,44-64H2,1-3H3/b22-20-,27-26-,30-29-,43-25-. The first-order valence-corrected chi connectivity index (χ1v) is 32.6. The second kappa shape index (κ2) is 62.9. The predicted octanol–water partition coefficient (Wildman–Crippen LogP) is 22.2. The van der Waals surface area contributed by atoms with Crippen LogP contribution in [0.15, 0.2) is 48.6 Å². The maximum absolute atomic E-state index is 12.8. The number of carbonyl (C=O) groups excluding carboxylic acids is 3. The van der Waals surface area contributed by atoms with E-state index in [4.69, 9.17) is 14.2 Å². The lowest BCUT2D eigenvalue weighted by molar-refractivity contribution is -0.167. The first-order chi connectivity index (χ1) is 36.5. The number of carbonyl (C=O) groups is 3. The van der Waals surface area contributed by atoms with E-state index in [2.05, 4.69) is 69.4 Å². The minimum Gasteiger partial charge on any atom is -0.462 e. The van der Waals surface area contributed by atoms with Gasteiger partial charge in [-0.05, 0) is 83.5 Å². The van der Waals surface area contributed by atoms with Crippen molar-refractivity contribution in [2.45, 2.75) is 354 Å². The Kier molecular flexibility index (Phi) is 60.7. The molecule has 0 N–H and O–H groups in total. The first kappa shape index (κ1) is 71.4. The van der Waals surface area contributed by atoms with Gasteiger partial charge in [0.05, 0.1) is 0 Å². The van der Waals surface area contributed by atoms with Crippen LogP contribution in [0.5, 0.6) is 0 Å².